The zero-order valence-electron chi connectivity index (χ0n) is 16.9. The molecule has 0 saturated carbocycles. The highest BCUT2D eigenvalue weighted by molar-refractivity contribution is 6.46. The topological polar surface area (TPSA) is 92.2 Å². The lowest BCUT2D eigenvalue weighted by Crippen LogP contribution is -2.35. The van der Waals surface area contributed by atoms with Gasteiger partial charge in [0, 0.05) is 24.8 Å². The second kappa shape index (κ2) is 8.16. The number of aliphatic hydroxyl groups excluding tert-OH is 1. The summed E-state index contributed by atoms with van der Waals surface area (Å²) in [7, 11) is 3.78. The first-order valence-corrected chi connectivity index (χ1v) is 9.71. The molecular weight excluding hydrogens is 386 g/mol. The molecule has 156 valence electrons. The molecule has 1 saturated heterocycles. The lowest BCUT2D eigenvalue weighted by Gasteiger charge is -2.25. The molecule has 4 rings (SSSR count). The van der Waals surface area contributed by atoms with Crippen LogP contribution in [0.15, 0.2) is 48.2 Å². The van der Waals surface area contributed by atoms with Gasteiger partial charge in [-0.15, -0.1) is 0 Å². The summed E-state index contributed by atoms with van der Waals surface area (Å²) in [4.78, 5) is 33.5. The van der Waals surface area contributed by atoms with Gasteiger partial charge in [0.1, 0.15) is 25.0 Å². The highest BCUT2D eigenvalue weighted by Crippen LogP contribution is 2.40. The van der Waals surface area contributed by atoms with Crippen molar-refractivity contribution in [3.8, 4) is 11.5 Å². The van der Waals surface area contributed by atoms with E-state index in [0.29, 0.717) is 49.1 Å². The van der Waals surface area contributed by atoms with Crippen LogP contribution in [0.3, 0.4) is 0 Å². The number of aliphatic hydroxyl groups is 1. The standard InChI is InChI=1S/C22H23N3O5/c1-24(2)9-10-25-19(15-5-3-4-8-23-15)18(21(27)22(25)28)20(26)14-6-7-16-17(13-14)30-12-11-29-16/h3-8,13,19,26H,9-12H2,1-2H3/t19-/m0/s1. The van der Waals surface area contributed by atoms with Crippen molar-refractivity contribution in [3.05, 3.63) is 59.4 Å². The van der Waals surface area contributed by atoms with Crippen LogP contribution in [0.1, 0.15) is 17.3 Å². The minimum absolute atomic E-state index is 0.0223. The molecule has 1 aromatic heterocycles. The molecule has 0 aliphatic carbocycles. The van der Waals surface area contributed by atoms with E-state index in [1.54, 1.807) is 42.6 Å². The Balaban J connectivity index is 1.81. The highest BCUT2D eigenvalue weighted by Gasteiger charge is 2.46. The predicted molar refractivity (Wildman–Crippen MR) is 109 cm³/mol. The van der Waals surface area contributed by atoms with Gasteiger partial charge in [0.05, 0.1) is 11.3 Å². The molecule has 0 radical (unpaired) electrons. The van der Waals surface area contributed by atoms with Crippen molar-refractivity contribution in [2.75, 3.05) is 40.4 Å². The van der Waals surface area contributed by atoms with Crippen LogP contribution in [-0.4, -0.2) is 72.0 Å². The number of likely N-dealkylation sites (N-methyl/N-ethyl adjacent to an activating group) is 1. The molecule has 2 aliphatic rings. The number of likely N-dealkylation sites (tertiary alicyclic amines) is 1. The van der Waals surface area contributed by atoms with Crippen molar-refractivity contribution in [2.45, 2.75) is 6.04 Å². The minimum Gasteiger partial charge on any atom is -0.507 e. The lowest BCUT2D eigenvalue weighted by molar-refractivity contribution is -0.140. The van der Waals surface area contributed by atoms with Crippen molar-refractivity contribution in [1.82, 2.24) is 14.8 Å². The van der Waals surface area contributed by atoms with Crippen LogP contribution in [0.4, 0.5) is 0 Å². The SMILES string of the molecule is CN(C)CCN1C(=O)C(=O)C(=C(O)c2ccc3c(c2)OCCO3)[C@@H]1c1ccccn1. The van der Waals surface area contributed by atoms with Gasteiger partial charge >= 0.3 is 0 Å². The van der Waals surface area contributed by atoms with E-state index >= 15 is 0 Å². The number of benzene rings is 1. The summed E-state index contributed by atoms with van der Waals surface area (Å²) in [6, 6.07) is 9.48. The number of hydrogen-bond acceptors (Lipinski definition) is 7. The number of rotatable bonds is 5. The molecule has 0 unspecified atom stereocenters. The summed E-state index contributed by atoms with van der Waals surface area (Å²) in [6.07, 6.45) is 1.60. The number of fused-ring (bicyclic) bond motifs is 1. The van der Waals surface area contributed by atoms with Crippen molar-refractivity contribution < 1.29 is 24.2 Å². The quantitative estimate of drug-likeness (QED) is 0.458. The van der Waals surface area contributed by atoms with Crippen molar-refractivity contribution in [2.24, 2.45) is 0 Å². The van der Waals surface area contributed by atoms with Gasteiger partial charge in [0.2, 0.25) is 0 Å². The third-order valence-electron chi connectivity index (χ3n) is 5.11. The number of hydrogen-bond donors (Lipinski definition) is 1. The number of carbonyl (C=O) groups is 2. The Kier molecular flexibility index (Phi) is 5.41. The van der Waals surface area contributed by atoms with Crippen LogP contribution >= 0.6 is 0 Å². The highest BCUT2D eigenvalue weighted by atomic mass is 16.6. The van der Waals surface area contributed by atoms with Crippen molar-refractivity contribution in [3.63, 3.8) is 0 Å². The fourth-order valence-electron chi connectivity index (χ4n) is 3.61. The van der Waals surface area contributed by atoms with Crippen molar-refractivity contribution >= 4 is 17.4 Å². The summed E-state index contributed by atoms with van der Waals surface area (Å²) >= 11 is 0. The molecule has 1 fully saturated rings. The van der Waals surface area contributed by atoms with E-state index in [0.717, 1.165) is 0 Å². The summed E-state index contributed by atoms with van der Waals surface area (Å²) in [5.74, 6) is -0.566. The van der Waals surface area contributed by atoms with E-state index in [9.17, 15) is 14.7 Å². The Morgan fingerprint density at radius 3 is 2.63 bits per heavy atom. The maximum atomic E-state index is 12.9. The first-order valence-electron chi connectivity index (χ1n) is 9.71. The summed E-state index contributed by atoms with van der Waals surface area (Å²) < 4.78 is 11.1. The molecule has 8 heteroatoms. The Morgan fingerprint density at radius 1 is 1.17 bits per heavy atom. The smallest absolute Gasteiger partial charge is 0.295 e. The van der Waals surface area contributed by atoms with E-state index in [1.165, 1.54) is 4.90 Å². The molecule has 1 N–H and O–H groups in total. The average Bonchev–Trinajstić information content (AvgIpc) is 3.02. The van der Waals surface area contributed by atoms with Crippen molar-refractivity contribution in [1.29, 1.82) is 0 Å². The number of ether oxygens (including phenoxy) is 2. The molecule has 8 nitrogen and oxygen atoms in total. The van der Waals surface area contributed by atoms with E-state index in [2.05, 4.69) is 4.98 Å². The first kappa shape index (κ1) is 19.9. The van der Waals surface area contributed by atoms with Crippen LogP contribution in [0, 0.1) is 0 Å². The molecule has 0 bridgehead atoms. The van der Waals surface area contributed by atoms with Crippen LogP contribution in [0.25, 0.3) is 5.76 Å². The zero-order chi connectivity index (χ0) is 21.3. The Bertz CT molecular complexity index is 1000. The van der Waals surface area contributed by atoms with E-state index in [4.69, 9.17) is 9.47 Å². The summed E-state index contributed by atoms with van der Waals surface area (Å²) in [6.45, 7) is 1.76. The molecule has 2 aromatic rings. The number of amides is 1. The van der Waals surface area contributed by atoms with Gasteiger partial charge < -0.3 is 24.4 Å². The van der Waals surface area contributed by atoms with Gasteiger partial charge in [0.15, 0.2) is 11.5 Å². The molecule has 1 amide bonds. The third-order valence-corrected chi connectivity index (χ3v) is 5.11. The molecule has 0 spiro atoms. The molecule has 1 aromatic carbocycles. The number of ketones is 1. The number of aromatic nitrogens is 1. The summed E-state index contributed by atoms with van der Waals surface area (Å²) in [5, 5.41) is 11.1. The second-order valence-electron chi connectivity index (χ2n) is 7.41. The van der Waals surface area contributed by atoms with Crippen LogP contribution < -0.4 is 9.47 Å². The lowest BCUT2D eigenvalue weighted by atomic mass is 9.98. The predicted octanol–water partition coefficient (Wildman–Crippen LogP) is 1.84. The van der Waals surface area contributed by atoms with Gasteiger partial charge in [-0.3, -0.25) is 14.6 Å². The van der Waals surface area contributed by atoms with Crippen LogP contribution in [0.5, 0.6) is 11.5 Å². The van der Waals surface area contributed by atoms with E-state index in [-0.39, 0.29) is 11.3 Å². The molecule has 2 aliphatic heterocycles. The van der Waals surface area contributed by atoms with Gasteiger partial charge in [-0.2, -0.15) is 0 Å². The number of Topliss-reactive ketones (excluding diaryl/α,β-unsaturated/α-hetero) is 1. The van der Waals surface area contributed by atoms with E-state index < -0.39 is 17.7 Å². The first-order chi connectivity index (χ1) is 14.5. The number of pyridine rings is 1. The normalized spacial score (nSPS) is 20.1. The Morgan fingerprint density at radius 2 is 1.93 bits per heavy atom. The van der Waals surface area contributed by atoms with Gasteiger partial charge in [-0.25, -0.2) is 0 Å². The molecule has 1 atom stereocenters. The molecular formula is C22H23N3O5. The second-order valence-corrected chi connectivity index (χ2v) is 7.41. The van der Waals surface area contributed by atoms with E-state index in [1.807, 2.05) is 19.0 Å². The minimum atomic E-state index is -0.764. The van der Waals surface area contributed by atoms with Crippen LogP contribution in [0.2, 0.25) is 0 Å². The van der Waals surface area contributed by atoms with Gasteiger partial charge in [-0.05, 0) is 44.4 Å². The maximum Gasteiger partial charge on any atom is 0.295 e. The zero-order valence-corrected chi connectivity index (χ0v) is 16.9. The third kappa shape index (κ3) is 3.61. The Labute approximate surface area is 174 Å². The number of carbonyl (C=O) groups excluding carboxylic acids is 2. The molecule has 30 heavy (non-hydrogen) atoms. The van der Waals surface area contributed by atoms with Gasteiger partial charge in [-0.1, -0.05) is 6.07 Å². The fraction of sp³-hybridized carbons (Fsp3) is 0.318. The van der Waals surface area contributed by atoms with Gasteiger partial charge in [0.25, 0.3) is 11.7 Å². The Hall–Kier alpha value is -3.39. The maximum absolute atomic E-state index is 12.9. The average molecular weight is 409 g/mol. The molecule has 3 heterocycles. The monoisotopic (exact) mass is 409 g/mol. The number of nitrogens with zero attached hydrogens (tertiary/aromatic N) is 3. The fourth-order valence-corrected chi connectivity index (χ4v) is 3.61. The largest absolute Gasteiger partial charge is 0.507 e. The summed E-state index contributed by atoms with van der Waals surface area (Å²) in [5.41, 5.74) is 0.925. The van der Waals surface area contributed by atoms with Crippen LogP contribution in [-0.2, 0) is 9.59 Å².